The number of fused-ring (bicyclic) bond motifs is 1. The second-order valence-electron chi connectivity index (χ2n) is 8.65. The first-order chi connectivity index (χ1) is 13.9. The van der Waals surface area contributed by atoms with Gasteiger partial charge in [-0.2, -0.15) is 0 Å². The third kappa shape index (κ3) is 2.73. The maximum atomic E-state index is 12.7. The molecule has 1 aliphatic heterocycles. The number of esters is 1. The molecule has 29 heavy (non-hydrogen) atoms. The number of ether oxygens (including phenoxy) is 2. The Morgan fingerprint density at radius 3 is 2.69 bits per heavy atom. The number of benzene rings is 1. The van der Waals surface area contributed by atoms with Crippen molar-refractivity contribution in [2.24, 2.45) is 11.7 Å². The summed E-state index contributed by atoms with van der Waals surface area (Å²) >= 11 is 0. The minimum Gasteiger partial charge on any atom is -0.461 e. The molecule has 3 aliphatic rings. The molecule has 0 saturated heterocycles. The Labute approximate surface area is 169 Å². The van der Waals surface area contributed by atoms with E-state index in [0.717, 1.165) is 35.7 Å². The summed E-state index contributed by atoms with van der Waals surface area (Å²) in [5.41, 5.74) is 8.63. The maximum absolute atomic E-state index is 12.7. The molecule has 6 heteroatoms. The van der Waals surface area contributed by atoms with Crippen molar-refractivity contribution in [1.82, 2.24) is 4.57 Å². The molecule has 1 amide bonds. The number of rotatable bonds is 5. The Bertz CT molecular complexity index is 1060. The molecule has 0 radical (unpaired) electrons. The molecule has 6 nitrogen and oxygen atoms in total. The average molecular weight is 394 g/mol. The van der Waals surface area contributed by atoms with Crippen molar-refractivity contribution in [1.29, 1.82) is 0 Å². The van der Waals surface area contributed by atoms with Crippen LogP contribution in [0.1, 0.15) is 55.6 Å². The highest BCUT2D eigenvalue weighted by Gasteiger charge is 2.59. The number of amides is 1. The van der Waals surface area contributed by atoms with E-state index >= 15 is 0 Å². The number of nitrogens with zero attached hydrogens (tertiary/aromatic N) is 1. The molecule has 2 atom stereocenters. The van der Waals surface area contributed by atoms with Crippen LogP contribution in [0, 0.1) is 5.92 Å². The van der Waals surface area contributed by atoms with Gasteiger partial charge in [0.1, 0.15) is 11.2 Å². The summed E-state index contributed by atoms with van der Waals surface area (Å²) in [7, 11) is 0. The average Bonchev–Trinajstić information content (AvgIpc) is 3.56. The van der Waals surface area contributed by atoms with E-state index in [4.69, 9.17) is 15.2 Å². The molecule has 2 heterocycles. The van der Waals surface area contributed by atoms with Gasteiger partial charge in [0.15, 0.2) is 0 Å². The third-order valence-corrected chi connectivity index (χ3v) is 6.79. The van der Waals surface area contributed by atoms with Crippen LogP contribution in [0.5, 0.6) is 0 Å². The van der Waals surface area contributed by atoms with E-state index in [1.54, 1.807) is 6.92 Å². The largest absolute Gasteiger partial charge is 0.461 e. The van der Waals surface area contributed by atoms with E-state index in [2.05, 4.69) is 18.2 Å². The van der Waals surface area contributed by atoms with Gasteiger partial charge in [-0.15, -0.1) is 0 Å². The first kappa shape index (κ1) is 18.4. The van der Waals surface area contributed by atoms with E-state index in [9.17, 15) is 9.59 Å². The zero-order valence-electron chi connectivity index (χ0n) is 16.9. The molecule has 2 saturated carbocycles. The van der Waals surface area contributed by atoms with Gasteiger partial charge in [-0.3, -0.25) is 4.79 Å². The molecule has 2 fully saturated rings. The molecule has 2 N–H and O–H groups in total. The van der Waals surface area contributed by atoms with Gasteiger partial charge < -0.3 is 19.8 Å². The third-order valence-electron chi connectivity index (χ3n) is 6.79. The van der Waals surface area contributed by atoms with Crippen LogP contribution in [0.4, 0.5) is 0 Å². The zero-order chi connectivity index (χ0) is 20.4. The van der Waals surface area contributed by atoms with Crippen LogP contribution in [0.3, 0.4) is 0 Å². The summed E-state index contributed by atoms with van der Waals surface area (Å²) in [5, 5.41) is 0.919. The van der Waals surface area contributed by atoms with Crippen molar-refractivity contribution in [3.63, 3.8) is 0 Å². The van der Waals surface area contributed by atoms with Crippen LogP contribution in [0.2, 0.25) is 0 Å². The molecule has 5 rings (SSSR count). The van der Waals surface area contributed by atoms with E-state index < -0.39 is 17.4 Å². The number of hydrogen-bond donors (Lipinski definition) is 1. The zero-order valence-corrected chi connectivity index (χ0v) is 16.9. The van der Waals surface area contributed by atoms with Crippen LogP contribution >= 0.6 is 0 Å². The number of carbonyl (C=O) groups is 2. The fourth-order valence-electron chi connectivity index (χ4n) is 4.84. The minimum absolute atomic E-state index is 0.0422. The standard InChI is InChI=1S/C23H26N2O4/c1-3-28-20(26)19-11-17-10-15(16-6-9-29-22(13-16)7-8-22)4-5-18(17)25(19)23(21(24)27)12-14(23)2/h4-6,10-11,14H,3,7-9,12-13H2,1-2H3,(H2,24,27)/t14-,23-/m0/s1. The lowest BCUT2D eigenvalue weighted by molar-refractivity contribution is -0.122. The van der Waals surface area contributed by atoms with Gasteiger partial charge in [-0.25, -0.2) is 4.79 Å². The van der Waals surface area contributed by atoms with Crippen molar-refractivity contribution in [2.45, 2.75) is 50.7 Å². The van der Waals surface area contributed by atoms with Gasteiger partial charge in [0.25, 0.3) is 0 Å². The SMILES string of the molecule is CCOC(=O)c1cc2cc(C3=CCOC4(CC4)C3)ccc2n1[C@@]1(C(N)=O)C[C@@H]1C. The molecular formula is C23H26N2O4. The van der Waals surface area contributed by atoms with Crippen molar-refractivity contribution in [3.05, 3.63) is 41.6 Å². The van der Waals surface area contributed by atoms with Gasteiger partial charge in [-0.05, 0) is 61.4 Å². The predicted octanol–water partition coefficient (Wildman–Crippen LogP) is 3.37. The number of carbonyl (C=O) groups excluding carboxylic acids is 2. The van der Waals surface area contributed by atoms with Crippen LogP contribution in [-0.2, 0) is 19.8 Å². The summed E-state index contributed by atoms with van der Waals surface area (Å²) in [5.74, 6) is -0.747. The Kier molecular flexibility index (Phi) is 3.94. The molecule has 2 aliphatic carbocycles. The highest BCUT2D eigenvalue weighted by molar-refractivity contribution is 6.00. The molecular weight excluding hydrogens is 368 g/mol. The number of hydrogen-bond acceptors (Lipinski definition) is 4. The lowest BCUT2D eigenvalue weighted by atomic mass is 9.95. The summed E-state index contributed by atoms with van der Waals surface area (Å²) in [6.07, 6.45) is 5.93. The quantitative estimate of drug-likeness (QED) is 0.788. The van der Waals surface area contributed by atoms with Gasteiger partial charge in [0.2, 0.25) is 5.91 Å². The van der Waals surface area contributed by atoms with Crippen molar-refractivity contribution < 1.29 is 19.1 Å². The first-order valence-corrected chi connectivity index (χ1v) is 10.4. The molecule has 0 unspecified atom stereocenters. The number of primary amides is 1. The fourth-order valence-corrected chi connectivity index (χ4v) is 4.84. The molecule has 1 aromatic heterocycles. The topological polar surface area (TPSA) is 83.6 Å². The first-order valence-electron chi connectivity index (χ1n) is 10.4. The summed E-state index contributed by atoms with van der Waals surface area (Å²) < 4.78 is 13.0. The number of aromatic nitrogens is 1. The molecule has 152 valence electrons. The van der Waals surface area contributed by atoms with E-state index in [1.807, 2.05) is 23.6 Å². The van der Waals surface area contributed by atoms with Gasteiger partial charge in [-0.1, -0.05) is 19.1 Å². The Hall–Kier alpha value is -2.60. The summed E-state index contributed by atoms with van der Waals surface area (Å²) in [6.45, 7) is 4.68. The fraction of sp³-hybridized carbons (Fsp3) is 0.478. The normalized spacial score (nSPS) is 27.0. The van der Waals surface area contributed by atoms with Gasteiger partial charge in [0.05, 0.1) is 18.8 Å². The Morgan fingerprint density at radius 2 is 2.07 bits per heavy atom. The molecule has 0 bridgehead atoms. The lowest BCUT2D eigenvalue weighted by Crippen LogP contribution is -2.37. The maximum Gasteiger partial charge on any atom is 0.355 e. The predicted molar refractivity (Wildman–Crippen MR) is 109 cm³/mol. The molecule has 2 aromatic rings. The van der Waals surface area contributed by atoms with Crippen LogP contribution in [0.15, 0.2) is 30.3 Å². The second-order valence-corrected chi connectivity index (χ2v) is 8.65. The molecule has 1 aromatic carbocycles. The molecule has 1 spiro atoms. The van der Waals surface area contributed by atoms with Crippen molar-refractivity contribution >= 4 is 28.4 Å². The van der Waals surface area contributed by atoms with E-state index in [1.165, 1.54) is 5.57 Å². The van der Waals surface area contributed by atoms with E-state index in [-0.39, 0.29) is 18.1 Å². The summed E-state index contributed by atoms with van der Waals surface area (Å²) in [4.78, 5) is 25.1. The highest BCUT2D eigenvalue weighted by Crippen LogP contribution is 2.53. The number of nitrogens with two attached hydrogens (primary N) is 1. The van der Waals surface area contributed by atoms with Crippen LogP contribution < -0.4 is 5.73 Å². The monoisotopic (exact) mass is 394 g/mol. The Balaban J connectivity index is 1.63. The Morgan fingerprint density at radius 1 is 1.31 bits per heavy atom. The minimum atomic E-state index is -0.860. The van der Waals surface area contributed by atoms with Gasteiger partial charge in [0, 0.05) is 17.3 Å². The van der Waals surface area contributed by atoms with Crippen molar-refractivity contribution in [3.8, 4) is 0 Å². The van der Waals surface area contributed by atoms with E-state index in [0.29, 0.717) is 18.7 Å². The highest BCUT2D eigenvalue weighted by atomic mass is 16.5. The van der Waals surface area contributed by atoms with Crippen LogP contribution in [0.25, 0.3) is 16.5 Å². The smallest absolute Gasteiger partial charge is 0.355 e. The van der Waals surface area contributed by atoms with Gasteiger partial charge >= 0.3 is 5.97 Å². The van der Waals surface area contributed by atoms with Crippen molar-refractivity contribution in [2.75, 3.05) is 13.2 Å². The second kappa shape index (κ2) is 6.20. The lowest BCUT2D eigenvalue weighted by Gasteiger charge is -2.23. The summed E-state index contributed by atoms with van der Waals surface area (Å²) in [6, 6.07) is 8.00. The van der Waals surface area contributed by atoms with Crippen LogP contribution in [-0.4, -0.2) is 35.3 Å².